The first kappa shape index (κ1) is 22.6. The Labute approximate surface area is 178 Å². The molecule has 0 spiro atoms. The molecule has 3 rings (SSSR count). The summed E-state index contributed by atoms with van der Waals surface area (Å²) >= 11 is 0. The van der Waals surface area contributed by atoms with Crippen LogP contribution in [0.1, 0.15) is 42.4 Å². The lowest BCUT2D eigenvalue weighted by Crippen LogP contribution is -2.51. The van der Waals surface area contributed by atoms with Gasteiger partial charge in [-0.15, -0.1) is 0 Å². The minimum Gasteiger partial charge on any atom is -0.444 e. The largest absolute Gasteiger partial charge is 0.444 e. The molecule has 2 heterocycles. The number of benzene rings is 1. The van der Waals surface area contributed by atoms with Gasteiger partial charge in [0.05, 0.1) is 28.7 Å². The summed E-state index contributed by atoms with van der Waals surface area (Å²) in [4.78, 5) is 28.3. The van der Waals surface area contributed by atoms with Crippen molar-refractivity contribution in [3.05, 3.63) is 47.3 Å². The second-order valence-corrected chi connectivity index (χ2v) is 8.36. The molecule has 0 radical (unpaired) electrons. The first-order chi connectivity index (χ1) is 14.4. The molecule has 168 valence electrons. The molecule has 2 aromatic rings. The smallest absolute Gasteiger partial charge is 0.416 e. The predicted octanol–water partition coefficient (Wildman–Crippen LogP) is 3.89. The van der Waals surface area contributed by atoms with E-state index in [4.69, 9.17) is 4.74 Å². The number of carbonyl (C=O) groups excluding carboxylic acids is 2. The van der Waals surface area contributed by atoms with Crippen molar-refractivity contribution in [3.63, 3.8) is 0 Å². The van der Waals surface area contributed by atoms with Gasteiger partial charge in [0, 0.05) is 26.2 Å². The molecular formula is C21H25F3N4O3. The topological polar surface area (TPSA) is 67.7 Å². The van der Waals surface area contributed by atoms with E-state index in [0.717, 1.165) is 12.1 Å². The Bertz CT molecular complexity index is 971. The van der Waals surface area contributed by atoms with E-state index in [1.54, 1.807) is 37.5 Å². The van der Waals surface area contributed by atoms with Gasteiger partial charge in [0.2, 0.25) is 0 Å². The Morgan fingerprint density at radius 1 is 1.03 bits per heavy atom. The predicted molar refractivity (Wildman–Crippen MR) is 107 cm³/mol. The highest BCUT2D eigenvalue weighted by atomic mass is 19.4. The normalized spacial score (nSPS) is 15.2. The standard InChI is InChI=1S/C21H25F3N4O3/c1-14-17(13-25-28(14)16-7-5-6-15(12-16)21(22,23)24)18(29)26-8-10-27(11-9-26)19(30)31-20(2,3)4/h5-7,12-13H,8-11H2,1-4H3. The first-order valence-corrected chi connectivity index (χ1v) is 9.86. The van der Waals surface area contributed by atoms with Gasteiger partial charge in [0.15, 0.2) is 0 Å². The van der Waals surface area contributed by atoms with Crippen molar-refractivity contribution in [1.82, 2.24) is 19.6 Å². The zero-order valence-electron chi connectivity index (χ0n) is 17.9. The van der Waals surface area contributed by atoms with Crippen LogP contribution in [0.25, 0.3) is 5.69 Å². The number of hydrogen-bond acceptors (Lipinski definition) is 4. The first-order valence-electron chi connectivity index (χ1n) is 9.86. The Balaban J connectivity index is 1.71. The molecular weight excluding hydrogens is 413 g/mol. The number of halogens is 3. The summed E-state index contributed by atoms with van der Waals surface area (Å²) in [6.45, 7) is 8.32. The second kappa shape index (κ2) is 8.24. The molecule has 1 aromatic heterocycles. The van der Waals surface area contributed by atoms with Crippen LogP contribution in [0.2, 0.25) is 0 Å². The molecule has 7 nitrogen and oxygen atoms in total. The number of rotatable bonds is 2. The van der Waals surface area contributed by atoms with Crippen LogP contribution in [0.4, 0.5) is 18.0 Å². The van der Waals surface area contributed by atoms with Crippen molar-refractivity contribution in [2.75, 3.05) is 26.2 Å². The van der Waals surface area contributed by atoms with Crippen molar-refractivity contribution in [3.8, 4) is 5.69 Å². The van der Waals surface area contributed by atoms with Crippen molar-refractivity contribution >= 4 is 12.0 Å². The van der Waals surface area contributed by atoms with Crippen LogP contribution >= 0.6 is 0 Å². The number of nitrogens with zero attached hydrogens (tertiary/aromatic N) is 4. The zero-order chi connectivity index (χ0) is 23.0. The van der Waals surface area contributed by atoms with Crippen molar-refractivity contribution in [2.45, 2.75) is 39.5 Å². The maximum atomic E-state index is 13.0. The summed E-state index contributed by atoms with van der Waals surface area (Å²) in [5.41, 5.74) is -0.409. The highest BCUT2D eigenvalue weighted by molar-refractivity contribution is 5.95. The Hall–Kier alpha value is -3.04. The molecule has 10 heteroatoms. The van der Waals surface area contributed by atoms with E-state index in [9.17, 15) is 22.8 Å². The molecule has 0 unspecified atom stereocenters. The number of alkyl halides is 3. The third-order valence-corrected chi connectivity index (χ3v) is 4.88. The maximum Gasteiger partial charge on any atom is 0.416 e. The summed E-state index contributed by atoms with van der Waals surface area (Å²) < 4.78 is 45.7. The Morgan fingerprint density at radius 2 is 1.65 bits per heavy atom. The van der Waals surface area contributed by atoms with Gasteiger partial charge in [0.1, 0.15) is 5.60 Å². The highest BCUT2D eigenvalue weighted by Gasteiger charge is 2.32. The van der Waals surface area contributed by atoms with Gasteiger partial charge in [-0.05, 0) is 45.9 Å². The summed E-state index contributed by atoms with van der Waals surface area (Å²) in [7, 11) is 0. The summed E-state index contributed by atoms with van der Waals surface area (Å²) in [6.07, 6.45) is -3.53. The average Bonchev–Trinajstić information content (AvgIpc) is 3.07. The zero-order valence-corrected chi connectivity index (χ0v) is 17.9. The molecule has 31 heavy (non-hydrogen) atoms. The van der Waals surface area contributed by atoms with E-state index in [-0.39, 0.29) is 11.6 Å². The molecule has 1 saturated heterocycles. The molecule has 0 N–H and O–H groups in total. The minimum absolute atomic E-state index is 0.223. The van der Waals surface area contributed by atoms with E-state index in [0.29, 0.717) is 37.4 Å². The van der Waals surface area contributed by atoms with Crippen LogP contribution in [-0.4, -0.2) is 63.4 Å². The third kappa shape index (κ3) is 5.18. The molecule has 1 aliphatic heterocycles. The van der Waals surface area contributed by atoms with E-state index in [1.165, 1.54) is 23.0 Å². The number of hydrogen-bond donors (Lipinski definition) is 0. The van der Waals surface area contributed by atoms with Gasteiger partial charge >= 0.3 is 12.3 Å². The van der Waals surface area contributed by atoms with Crippen LogP contribution < -0.4 is 0 Å². The number of ether oxygens (including phenoxy) is 1. The molecule has 0 saturated carbocycles. The molecule has 0 atom stereocenters. The fraction of sp³-hybridized carbons (Fsp3) is 0.476. The van der Waals surface area contributed by atoms with Gasteiger partial charge in [0.25, 0.3) is 5.91 Å². The lowest BCUT2D eigenvalue weighted by Gasteiger charge is -2.35. The van der Waals surface area contributed by atoms with Gasteiger partial charge in [-0.3, -0.25) is 4.79 Å². The highest BCUT2D eigenvalue weighted by Crippen LogP contribution is 2.30. The van der Waals surface area contributed by atoms with Crippen LogP contribution in [-0.2, 0) is 10.9 Å². The molecule has 2 amide bonds. The molecule has 1 aromatic carbocycles. The van der Waals surface area contributed by atoms with Crippen molar-refractivity contribution in [1.29, 1.82) is 0 Å². The SMILES string of the molecule is Cc1c(C(=O)N2CCN(C(=O)OC(C)(C)C)CC2)cnn1-c1cccc(C(F)(F)F)c1. The van der Waals surface area contributed by atoms with Crippen LogP contribution in [0.15, 0.2) is 30.5 Å². The summed E-state index contributed by atoms with van der Waals surface area (Å²) in [6, 6.07) is 4.78. The Morgan fingerprint density at radius 3 is 2.23 bits per heavy atom. The maximum absolute atomic E-state index is 13.0. The average molecular weight is 438 g/mol. The number of carbonyl (C=O) groups is 2. The number of amides is 2. The monoisotopic (exact) mass is 438 g/mol. The molecule has 1 aliphatic rings. The molecule has 0 bridgehead atoms. The summed E-state index contributed by atoms with van der Waals surface area (Å²) in [5.74, 6) is -0.278. The van der Waals surface area contributed by atoms with E-state index in [1.807, 2.05) is 0 Å². The fourth-order valence-electron chi connectivity index (χ4n) is 3.28. The third-order valence-electron chi connectivity index (χ3n) is 4.88. The van der Waals surface area contributed by atoms with E-state index in [2.05, 4.69) is 5.10 Å². The summed E-state index contributed by atoms with van der Waals surface area (Å²) in [5, 5.41) is 4.13. The van der Waals surface area contributed by atoms with Crippen LogP contribution in [0.3, 0.4) is 0 Å². The number of aromatic nitrogens is 2. The van der Waals surface area contributed by atoms with Crippen LogP contribution in [0.5, 0.6) is 0 Å². The van der Waals surface area contributed by atoms with Crippen LogP contribution in [0, 0.1) is 6.92 Å². The van der Waals surface area contributed by atoms with E-state index < -0.39 is 23.4 Å². The Kier molecular flexibility index (Phi) is 6.02. The quantitative estimate of drug-likeness (QED) is 0.714. The van der Waals surface area contributed by atoms with Gasteiger partial charge in [-0.2, -0.15) is 18.3 Å². The molecule has 0 aliphatic carbocycles. The molecule has 1 fully saturated rings. The second-order valence-electron chi connectivity index (χ2n) is 8.36. The minimum atomic E-state index is -4.47. The van der Waals surface area contributed by atoms with Crippen molar-refractivity contribution < 1.29 is 27.5 Å². The lowest BCUT2D eigenvalue weighted by molar-refractivity contribution is -0.137. The van der Waals surface area contributed by atoms with Crippen molar-refractivity contribution in [2.24, 2.45) is 0 Å². The lowest BCUT2D eigenvalue weighted by atomic mass is 10.1. The van der Waals surface area contributed by atoms with E-state index >= 15 is 0 Å². The van der Waals surface area contributed by atoms with Gasteiger partial charge in [-0.1, -0.05) is 6.07 Å². The number of piperazine rings is 1. The van der Waals surface area contributed by atoms with Gasteiger partial charge < -0.3 is 14.5 Å². The van der Waals surface area contributed by atoms with Gasteiger partial charge in [-0.25, -0.2) is 9.48 Å². The fourth-order valence-corrected chi connectivity index (χ4v) is 3.28.